The van der Waals surface area contributed by atoms with E-state index in [9.17, 15) is 14.7 Å². The van der Waals surface area contributed by atoms with E-state index in [1.807, 2.05) is 27.7 Å². The molecule has 0 aliphatic heterocycles. The Labute approximate surface area is 218 Å². The Balaban J connectivity index is 1.42. The van der Waals surface area contributed by atoms with Gasteiger partial charge < -0.3 is 15.4 Å². The van der Waals surface area contributed by atoms with E-state index < -0.39 is 0 Å². The fourth-order valence-corrected chi connectivity index (χ4v) is 4.20. The predicted octanol–water partition coefficient (Wildman–Crippen LogP) is 5.09. The SMILES string of the molecule is Cc1cc(C(=O)Nc2cccc(C(=O)c3ccc4[nH]c(O)c(/C=N/c5ccn[nH]5)c4c3)c2)n(C(C)(C)C)n1. The molecule has 10 heteroatoms. The average Bonchev–Trinajstić information content (AvgIpc) is 3.60. The Hall–Kier alpha value is -4.99. The number of aryl methyl sites for hydroxylation is 1. The second kappa shape index (κ2) is 9.47. The number of amides is 1. The monoisotopic (exact) mass is 509 g/mol. The molecule has 1 amide bonds. The molecule has 3 heterocycles. The van der Waals surface area contributed by atoms with Crippen LogP contribution in [0, 0.1) is 6.92 Å². The van der Waals surface area contributed by atoms with Gasteiger partial charge in [-0.3, -0.25) is 19.4 Å². The molecule has 192 valence electrons. The van der Waals surface area contributed by atoms with Crippen molar-refractivity contribution in [3.05, 3.63) is 88.9 Å². The number of H-pyrrole nitrogens is 2. The van der Waals surface area contributed by atoms with Crippen molar-refractivity contribution in [2.45, 2.75) is 33.2 Å². The maximum absolute atomic E-state index is 13.4. The number of rotatable bonds is 6. The number of nitrogens with one attached hydrogen (secondary N) is 3. The van der Waals surface area contributed by atoms with Crippen LogP contribution in [-0.2, 0) is 5.54 Å². The first-order chi connectivity index (χ1) is 18.1. The first-order valence-electron chi connectivity index (χ1n) is 12.0. The van der Waals surface area contributed by atoms with Crippen molar-refractivity contribution in [2.75, 3.05) is 5.32 Å². The van der Waals surface area contributed by atoms with Crippen LogP contribution in [0.2, 0.25) is 0 Å². The third-order valence-electron chi connectivity index (χ3n) is 5.98. The number of hydrogen-bond acceptors (Lipinski definition) is 6. The number of carbonyl (C=O) groups excluding carboxylic acids is 2. The van der Waals surface area contributed by atoms with Crippen molar-refractivity contribution in [1.29, 1.82) is 0 Å². The molecule has 0 spiro atoms. The van der Waals surface area contributed by atoms with Gasteiger partial charge in [0.25, 0.3) is 5.91 Å². The molecule has 0 saturated carbocycles. The summed E-state index contributed by atoms with van der Waals surface area (Å²) < 4.78 is 1.70. The lowest BCUT2D eigenvalue weighted by molar-refractivity contribution is 0.100. The van der Waals surface area contributed by atoms with Gasteiger partial charge in [0, 0.05) is 40.0 Å². The summed E-state index contributed by atoms with van der Waals surface area (Å²) in [6.45, 7) is 7.77. The highest BCUT2D eigenvalue weighted by Gasteiger charge is 2.23. The number of aromatic hydroxyl groups is 1. The highest BCUT2D eigenvalue weighted by Crippen LogP contribution is 2.28. The van der Waals surface area contributed by atoms with Gasteiger partial charge >= 0.3 is 0 Å². The molecule has 2 aromatic carbocycles. The zero-order chi connectivity index (χ0) is 27.0. The third-order valence-corrected chi connectivity index (χ3v) is 5.98. The summed E-state index contributed by atoms with van der Waals surface area (Å²) in [5, 5.41) is 25.0. The summed E-state index contributed by atoms with van der Waals surface area (Å²) >= 11 is 0. The normalized spacial score (nSPS) is 11.9. The first kappa shape index (κ1) is 24.7. The van der Waals surface area contributed by atoms with Crippen LogP contribution in [0.3, 0.4) is 0 Å². The van der Waals surface area contributed by atoms with Gasteiger partial charge in [0.15, 0.2) is 11.7 Å². The molecule has 0 bridgehead atoms. The number of anilines is 1. The molecule has 0 fully saturated rings. The molecule has 10 nitrogen and oxygen atoms in total. The third kappa shape index (κ3) is 4.83. The van der Waals surface area contributed by atoms with Gasteiger partial charge in [-0.15, -0.1) is 0 Å². The van der Waals surface area contributed by atoms with Gasteiger partial charge in [-0.05, 0) is 64.1 Å². The molecule has 0 aliphatic carbocycles. The van der Waals surface area contributed by atoms with Gasteiger partial charge in [-0.25, -0.2) is 4.99 Å². The summed E-state index contributed by atoms with van der Waals surface area (Å²) in [4.78, 5) is 33.7. The Kier molecular flexibility index (Phi) is 6.15. The molecule has 4 N–H and O–H groups in total. The number of aromatic nitrogens is 5. The summed E-state index contributed by atoms with van der Waals surface area (Å²) in [7, 11) is 0. The standard InChI is InChI=1S/C28H27N7O3/c1-16-12-23(35(34-16)28(2,3)4)27(38)31-19-7-5-6-17(13-19)25(36)18-8-9-22-20(14-18)21(26(37)32-22)15-29-24-10-11-30-33-24/h5-15,32,37H,1-4H3,(H,30,33)(H,31,38)/b29-15+. The number of aliphatic imine (C=N–C) groups is 1. The fourth-order valence-electron chi connectivity index (χ4n) is 4.20. The Morgan fingerprint density at radius 2 is 1.87 bits per heavy atom. The minimum atomic E-state index is -0.369. The predicted molar refractivity (Wildman–Crippen MR) is 146 cm³/mol. The summed E-state index contributed by atoms with van der Waals surface area (Å²) in [5.74, 6) is -0.0564. The lowest BCUT2D eigenvalue weighted by Gasteiger charge is -2.22. The van der Waals surface area contributed by atoms with Crippen LogP contribution in [0.1, 0.15) is 58.4 Å². The number of benzene rings is 2. The molecule has 38 heavy (non-hydrogen) atoms. The molecule has 5 rings (SSSR count). The first-order valence-corrected chi connectivity index (χ1v) is 12.0. The van der Waals surface area contributed by atoms with Crippen molar-refractivity contribution in [2.24, 2.45) is 4.99 Å². The van der Waals surface area contributed by atoms with Crippen LogP contribution < -0.4 is 5.32 Å². The Morgan fingerprint density at radius 3 is 2.61 bits per heavy atom. The number of fused-ring (bicyclic) bond motifs is 1. The van der Waals surface area contributed by atoms with Crippen molar-refractivity contribution in [3.8, 4) is 5.88 Å². The van der Waals surface area contributed by atoms with Crippen LogP contribution in [0.15, 0.2) is 65.8 Å². The number of nitrogens with zero attached hydrogens (tertiary/aromatic N) is 4. The summed E-state index contributed by atoms with van der Waals surface area (Å²) in [6, 6.07) is 15.4. The van der Waals surface area contributed by atoms with Crippen LogP contribution >= 0.6 is 0 Å². The summed E-state index contributed by atoms with van der Waals surface area (Å²) in [5.41, 5.74) is 3.27. The van der Waals surface area contributed by atoms with Crippen molar-refractivity contribution < 1.29 is 14.7 Å². The lowest BCUT2D eigenvalue weighted by Crippen LogP contribution is -2.29. The zero-order valence-corrected chi connectivity index (χ0v) is 21.4. The number of carbonyl (C=O) groups is 2. The highest BCUT2D eigenvalue weighted by atomic mass is 16.3. The van der Waals surface area contributed by atoms with E-state index in [1.165, 1.54) is 6.21 Å². The quantitative estimate of drug-likeness (QED) is 0.186. The Morgan fingerprint density at radius 1 is 1.08 bits per heavy atom. The maximum Gasteiger partial charge on any atom is 0.273 e. The van der Waals surface area contributed by atoms with Crippen LogP contribution in [0.25, 0.3) is 10.9 Å². The topological polar surface area (TPSA) is 141 Å². The highest BCUT2D eigenvalue weighted by molar-refractivity contribution is 6.13. The minimum absolute atomic E-state index is 0.0534. The van der Waals surface area contributed by atoms with E-state index in [4.69, 9.17) is 0 Å². The van der Waals surface area contributed by atoms with Gasteiger partial charge in [0.2, 0.25) is 0 Å². The van der Waals surface area contributed by atoms with Crippen LogP contribution in [-0.4, -0.2) is 48.0 Å². The van der Waals surface area contributed by atoms with Crippen LogP contribution in [0.4, 0.5) is 11.5 Å². The van der Waals surface area contributed by atoms with Gasteiger partial charge in [0.05, 0.1) is 23.0 Å². The fraction of sp³-hybridized carbons (Fsp3) is 0.179. The molecule has 0 radical (unpaired) electrons. The van der Waals surface area contributed by atoms with E-state index in [1.54, 1.807) is 65.5 Å². The number of hydrogen-bond donors (Lipinski definition) is 4. The van der Waals surface area contributed by atoms with E-state index in [0.717, 1.165) is 5.69 Å². The van der Waals surface area contributed by atoms with Gasteiger partial charge in [-0.1, -0.05) is 12.1 Å². The molecule has 5 aromatic rings. The average molecular weight is 510 g/mol. The van der Waals surface area contributed by atoms with Crippen molar-refractivity contribution in [3.63, 3.8) is 0 Å². The van der Waals surface area contributed by atoms with E-state index in [0.29, 0.717) is 44.8 Å². The van der Waals surface area contributed by atoms with E-state index in [-0.39, 0.29) is 23.1 Å². The second-order valence-electron chi connectivity index (χ2n) is 9.97. The molecule has 0 saturated heterocycles. The number of aromatic amines is 2. The Bertz CT molecular complexity index is 1690. The number of ketones is 1. The zero-order valence-electron chi connectivity index (χ0n) is 21.4. The molecule has 0 unspecified atom stereocenters. The second-order valence-corrected chi connectivity index (χ2v) is 9.97. The molecular formula is C28H27N7O3. The molecule has 3 aromatic heterocycles. The maximum atomic E-state index is 13.4. The lowest BCUT2D eigenvalue weighted by atomic mass is 10.0. The van der Waals surface area contributed by atoms with Gasteiger partial charge in [-0.2, -0.15) is 10.2 Å². The van der Waals surface area contributed by atoms with Crippen molar-refractivity contribution in [1.82, 2.24) is 25.0 Å². The molecule has 0 aliphatic rings. The molecular weight excluding hydrogens is 482 g/mol. The van der Waals surface area contributed by atoms with Crippen molar-refractivity contribution >= 4 is 40.3 Å². The van der Waals surface area contributed by atoms with E-state index in [2.05, 4.69) is 30.6 Å². The van der Waals surface area contributed by atoms with Crippen LogP contribution in [0.5, 0.6) is 5.88 Å². The van der Waals surface area contributed by atoms with E-state index >= 15 is 0 Å². The largest absolute Gasteiger partial charge is 0.494 e. The molecule has 0 atom stereocenters. The smallest absolute Gasteiger partial charge is 0.273 e. The summed E-state index contributed by atoms with van der Waals surface area (Å²) in [6.07, 6.45) is 3.09. The minimum Gasteiger partial charge on any atom is -0.494 e. The van der Waals surface area contributed by atoms with Gasteiger partial charge in [0.1, 0.15) is 11.5 Å².